The largest absolute Gasteiger partial charge is 0.497 e. The molecule has 0 atom stereocenters. The molecule has 0 aliphatic carbocycles. The summed E-state index contributed by atoms with van der Waals surface area (Å²) >= 11 is 1.08. The van der Waals surface area contributed by atoms with Gasteiger partial charge >= 0.3 is 11.9 Å². The molecule has 186 valence electrons. The van der Waals surface area contributed by atoms with Gasteiger partial charge in [-0.15, -0.1) is 11.3 Å². The molecule has 2 aromatic carbocycles. The summed E-state index contributed by atoms with van der Waals surface area (Å²) < 4.78 is 21.2. The van der Waals surface area contributed by atoms with Crippen molar-refractivity contribution in [3.63, 3.8) is 0 Å². The number of carboxylic acids is 1. The summed E-state index contributed by atoms with van der Waals surface area (Å²) in [5, 5.41) is 10.4. The van der Waals surface area contributed by atoms with E-state index < -0.39 is 11.9 Å². The highest BCUT2D eigenvalue weighted by atomic mass is 32.1. The number of nitrogens with zero attached hydrogens (tertiary/aromatic N) is 2. The number of carbonyl (C=O) groups excluding carboxylic acids is 1. The minimum absolute atomic E-state index is 0.0475. The molecule has 0 unspecified atom stereocenters. The number of aromatic carboxylic acids is 1. The third-order valence-electron chi connectivity index (χ3n) is 5.13. The molecule has 0 aliphatic heterocycles. The van der Waals surface area contributed by atoms with Crippen molar-refractivity contribution >= 4 is 23.3 Å². The van der Waals surface area contributed by atoms with E-state index >= 15 is 0 Å². The van der Waals surface area contributed by atoms with E-state index in [-0.39, 0.29) is 24.6 Å². The zero-order valence-electron chi connectivity index (χ0n) is 20.1. The SMILES string of the molecule is CCOC(=O)CN(Cc1ccc(OC)cc1OC)Cc1nc(-c2cccc(OC)c2)sc1C(=O)O. The summed E-state index contributed by atoms with van der Waals surface area (Å²) in [7, 11) is 4.68. The molecular weight excluding hydrogens is 472 g/mol. The average Bonchev–Trinajstić information content (AvgIpc) is 3.28. The molecule has 1 N–H and O–H groups in total. The summed E-state index contributed by atoms with van der Waals surface area (Å²) in [4.78, 5) is 30.9. The van der Waals surface area contributed by atoms with E-state index in [1.165, 1.54) is 0 Å². The van der Waals surface area contributed by atoms with Crippen LogP contribution in [0.3, 0.4) is 0 Å². The van der Waals surface area contributed by atoms with Crippen LogP contribution in [0.1, 0.15) is 27.9 Å². The fourth-order valence-electron chi connectivity index (χ4n) is 3.50. The number of carbonyl (C=O) groups is 2. The topological polar surface area (TPSA) is 107 Å². The van der Waals surface area contributed by atoms with E-state index in [1.54, 1.807) is 57.4 Å². The summed E-state index contributed by atoms with van der Waals surface area (Å²) in [5.41, 5.74) is 1.91. The summed E-state index contributed by atoms with van der Waals surface area (Å²) in [6.45, 7) is 2.36. The number of esters is 1. The Hall–Kier alpha value is -3.63. The Morgan fingerprint density at radius 3 is 2.40 bits per heavy atom. The standard InChI is InChI=1S/C25H28N2O7S/c1-5-34-22(28)15-27(13-17-9-10-19(32-3)12-21(17)33-4)14-20-23(25(29)30)35-24(26-20)16-7-6-8-18(11-16)31-2/h6-12H,5,13-15H2,1-4H3,(H,29,30). The molecule has 0 spiro atoms. The fraction of sp³-hybridized carbons (Fsp3) is 0.320. The molecule has 0 aliphatic rings. The molecule has 0 amide bonds. The van der Waals surface area contributed by atoms with Crippen LogP contribution in [0.25, 0.3) is 10.6 Å². The molecular formula is C25H28N2O7S. The van der Waals surface area contributed by atoms with Crippen LogP contribution in [-0.2, 0) is 22.6 Å². The minimum Gasteiger partial charge on any atom is -0.497 e. The van der Waals surface area contributed by atoms with E-state index in [4.69, 9.17) is 18.9 Å². The molecule has 35 heavy (non-hydrogen) atoms. The van der Waals surface area contributed by atoms with Gasteiger partial charge in [0.2, 0.25) is 0 Å². The van der Waals surface area contributed by atoms with Crippen molar-refractivity contribution < 1.29 is 33.6 Å². The maximum atomic E-state index is 12.3. The maximum Gasteiger partial charge on any atom is 0.347 e. The van der Waals surface area contributed by atoms with Crippen LogP contribution in [0, 0.1) is 0 Å². The highest BCUT2D eigenvalue weighted by Gasteiger charge is 2.23. The van der Waals surface area contributed by atoms with Gasteiger partial charge in [-0.25, -0.2) is 9.78 Å². The van der Waals surface area contributed by atoms with Crippen LogP contribution in [0.2, 0.25) is 0 Å². The number of hydrogen-bond donors (Lipinski definition) is 1. The van der Waals surface area contributed by atoms with Gasteiger partial charge in [0.1, 0.15) is 27.1 Å². The Balaban J connectivity index is 1.95. The lowest BCUT2D eigenvalue weighted by Gasteiger charge is -2.22. The first-order chi connectivity index (χ1) is 16.9. The summed E-state index contributed by atoms with van der Waals surface area (Å²) in [6, 6.07) is 12.7. The van der Waals surface area contributed by atoms with Crippen LogP contribution in [0.4, 0.5) is 0 Å². The number of benzene rings is 2. The van der Waals surface area contributed by atoms with Gasteiger partial charge in [0, 0.05) is 30.3 Å². The van der Waals surface area contributed by atoms with Crippen LogP contribution < -0.4 is 14.2 Å². The maximum absolute atomic E-state index is 12.3. The first-order valence-electron chi connectivity index (χ1n) is 10.8. The van der Waals surface area contributed by atoms with E-state index in [1.807, 2.05) is 18.2 Å². The normalized spacial score (nSPS) is 10.8. The lowest BCUT2D eigenvalue weighted by molar-refractivity contribution is -0.144. The number of rotatable bonds is 12. The van der Waals surface area contributed by atoms with Crippen molar-refractivity contribution in [1.29, 1.82) is 0 Å². The van der Waals surface area contributed by atoms with Crippen molar-refractivity contribution in [1.82, 2.24) is 9.88 Å². The molecule has 10 heteroatoms. The smallest absolute Gasteiger partial charge is 0.347 e. The van der Waals surface area contributed by atoms with Crippen LogP contribution in [0.15, 0.2) is 42.5 Å². The van der Waals surface area contributed by atoms with Crippen molar-refractivity contribution in [2.75, 3.05) is 34.5 Å². The Bertz CT molecular complexity index is 1180. The van der Waals surface area contributed by atoms with Crippen molar-refractivity contribution in [3.05, 3.63) is 58.6 Å². The predicted octanol–water partition coefficient (Wildman–Crippen LogP) is 4.10. The van der Waals surface area contributed by atoms with Gasteiger partial charge in [-0.1, -0.05) is 18.2 Å². The second kappa shape index (κ2) is 12.2. The number of aromatic nitrogens is 1. The zero-order chi connectivity index (χ0) is 25.4. The molecule has 0 radical (unpaired) electrons. The lowest BCUT2D eigenvalue weighted by atomic mass is 10.1. The van der Waals surface area contributed by atoms with Crippen LogP contribution in [0.5, 0.6) is 17.2 Å². The minimum atomic E-state index is -1.08. The number of hydrogen-bond acceptors (Lipinski definition) is 9. The highest BCUT2D eigenvalue weighted by molar-refractivity contribution is 7.17. The van der Waals surface area contributed by atoms with Crippen LogP contribution >= 0.6 is 11.3 Å². The lowest BCUT2D eigenvalue weighted by Crippen LogP contribution is -2.31. The first-order valence-corrected chi connectivity index (χ1v) is 11.7. The number of carboxylic acid groups (broad SMARTS) is 1. The predicted molar refractivity (Wildman–Crippen MR) is 131 cm³/mol. The van der Waals surface area contributed by atoms with Gasteiger partial charge in [-0.05, 0) is 25.1 Å². The third-order valence-corrected chi connectivity index (χ3v) is 6.26. The monoisotopic (exact) mass is 500 g/mol. The molecule has 3 rings (SSSR count). The quantitative estimate of drug-likeness (QED) is 0.368. The number of ether oxygens (including phenoxy) is 4. The van der Waals surface area contributed by atoms with Gasteiger partial charge in [-0.2, -0.15) is 0 Å². The Morgan fingerprint density at radius 1 is 1.00 bits per heavy atom. The third kappa shape index (κ3) is 6.71. The van der Waals surface area contributed by atoms with Crippen LogP contribution in [-0.4, -0.2) is 61.4 Å². The fourth-order valence-corrected chi connectivity index (χ4v) is 4.41. The highest BCUT2D eigenvalue weighted by Crippen LogP contribution is 2.32. The molecule has 0 bridgehead atoms. The second-order valence-electron chi connectivity index (χ2n) is 7.46. The Labute approximate surface area is 207 Å². The van der Waals surface area contributed by atoms with E-state index in [0.717, 1.165) is 22.5 Å². The van der Waals surface area contributed by atoms with Gasteiger partial charge in [0.15, 0.2) is 0 Å². The molecule has 3 aromatic rings. The molecule has 9 nitrogen and oxygen atoms in total. The van der Waals surface area contributed by atoms with Gasteiger partial charge in [0.05, 0.1) is 40.2 Å². The number of methoxy groups -OCH3 is 3. The van der Waals surface area contributed by atoms with Crippen molar-refractivity contribution in [3.8, 4) is 27.8 Å². The van der Waals surface area contributed by atoms with E-state index in [9.17, 15) is 14.7 Å². The second-order valence-corrected chi connectivity index (χ2v) is 8.46. The molecule has 0 fully saturated rings. The average molecular weight is 501 g/mol. The molecule has 0 saturated carbocycles. The number of thiazole rings is 1. The van der Waals surface area contributed by atoms with Crippen molar-refractivity contribution in [2.24, 2.45) is 0 Å². The summed E-state index contributed by atoms with van der Waals surface area (Å²) in [6.07, 6.45) is 0. The van der Waals surface area contributed by atoms with Gasteiger partial charge in [0.25, 0.3) is 0 Å². The van der Waals surface area contributed by atoms with E-state index in [2.05, 4.69) is 4.98 Å². The molecule has 1 aromatic heterocycles. The molecule has 1 heterocycles. The zero-order valence-corrected chi connectivity index (χ0v) is 20.9. The molecule has 0 saturated heterocycles. The van der Waals surface area contributed by atoms with Gasteiger partial charge < -0.3 is 24.1 Å². The Kier molecular flexibility index (Phi) is 9.04. The first kappa shape index (κ1) is 26.0. The Morgan fingerprint density at radius 2 is 1.74 bits per heavy atom. The van der Waals surface area contributed by atoms with Crippen molar-refractivity contribution in [2.45, 2.75) is 20.0 Å². The van der Waals surface area contributed by atoms with Gasteiger partial charge in [-0.3, -0.25) is 9.69 Å². The van der Waals surface area contributed by atoms with E-state index in [0.29, 0.717) is 34.5 Å². The summed E-state index contributed by atoms with van der Waals surface area (Å²) in [5.74, 6) is 0.377.